The highest BCUT2D eigenvalue weighted by Gasteiger charge is 2.04. The zero-order valence-electron chi connectivity index (χ0n) is 11.4. The SMILES string of the molecule is COc1ccc(Nc2cc(N(C)CC#N)ncn2)cc1. The maximum absolute atomic E-state index is 8.69. The summed E-state index contributed by atoms with van der Waals surface area (Å²) < 4.78 is 5.11. The van der Waals surface area contributed by atoms with Crippen LogP contribution in [-0.2, 0) is 0 Å². The summed E-state index contributed by atoms with van der Waals surface area (Å²) in [5.41, 5.74) is 0.901. The van der Waals surface area contributed by atoms with E-state index in [0.29, 0.717) is 11.6 Å². The van der Waals surface area contributed by atoms with E-state index in [9.17, 15) is 0 Å². The van der Waals surface area contributed by atoms with Crippen LogP contribution in [0.3, 0.4) is 0 Å². The summed E-state index contributed by atoms with van der Waals surface area (Å²) in [6.45, 7) is 0.277. The summed E-state index contributed by atoms with van der Waals surface area (Å²) in [5.74, 6) is 2.16. The Morgan fingerprint density at radius 2 is 2.05 bits per heavy atom. The molecule has 102 valence electrons. The minimum absolute atomic E-state index is 0.277. The number of anilines is 3. The van der Waals surface area contributed by atoms with Crippen LogP contribution < -0.4 is 15.0 Å². The standard InChI is InChI=1S/C14H15N5O/c1-19(8-7-15)14-9-13(16-10-17-14)18-11-3-5-12(20-2)6-4-11/h3-6,9-10H,8H2,1-2H3,(H,16,17,18). The number of rotatable bonds is 5. The normalized spacial score (nSPS) is 9.65. The summed E-state index contributed by atoms with van der Waals surface area (Å²) in [6.07, 6.45) is 1.47. The molecule has 2 aromatic rings. The second-order valence-corrected chi connectivity index (χ2v) is 4.13. The largest absolute Gasteiger partial charge is 0.497 e. The molecule has 0 atom stereocenters. The molecule has 0 saturated carbocycles. The first kappa shape index (κ1) is 13.6. The van der Waals surface area contributed by atoms with Gasteiger partial charge in [0.1, 0.15) is 30.3 Å². The fraction of sp³-hybridized carbons (Fsp3) is 0.214. The maximum atomic E-state index is 8.69. The van der Waals surface area contributed by atoms with Crippen molar-refractivity contribution in [1.82, 2.24) is 9.97 Å². The number of nitriles is 1. The highest BCUT2D eigenvalue weighted by Crippen LogP contribution is 2.20. The van der Waals surface area contributed by atoms with Gasteiger partial charge in [0.2, 0.25) is 0 Å². The van der Waals surface area contributed by atoms with E-state index in [4.69, 9.17) is 10.00 Å². The smallest absolute Gasteiger partial charge is 0.135 e. The lowest BCUT2D eigenvalue weighted by atomic mass is 10.3. The Kier molecular flexibility index (Phi) is 4.35. The predicted molar refractivity (Wildman–Crippen MR) is 77.2 cm³/mol. The van der Waals surface area contributed by atoms with Crippen LogP contribution in [0.1, 0.15) is 0 Å². The van der Waals surface area contributed by atoms with Crippen LogP contribution in [0.2, 0.25) is 0 Å². The van der Waals surface area contributed by atoms with Crippen LogP contribution in [0.25, 0.3) is 0 Å². The molecule has 0 aliphatic heterocycles. The Balaban J connectivity index is 2.12. The molecule has 0 saturated heterocycles. The molecule has 0 fully saturated rings. The van der Waals surface area contributed by atoms with Crippen molar-refractivity contribution in [3.8, 4) is 11.8 Å². The van der Waals surface area contributed by atoms with Crippen LogP contribution in [0.4, 0.5) is 17.3 Å². The van der Waals surface area contributed by atoms with Gasteiger partial charge in [-0.3, -0.25) is 0 Å². The average molecular weight is 269 g/mol. The van der Waals surface area contributed by atoms with Crippen LogP contribution in [-0.4, -0.2) is 30.7 Å². The fourth-order valence-corrected chi connectivity index (χ4v) is 1.63. The average Bonchev–Trinajstić information content (AvgIpc) is 2.48. The zero-order valence-corrected chi connectivity index (χ0v) is 11.4. The number of nitrogens with zero attached hydrogens (tertiary/aromatic N) is 4. The summed E-state index contributed by atoms with van der Waals surface area (Å²) >= 11 is 0. The third kappa shape index (κ3) is 3.36. The Hall–Kier alpha value is -2.81. The van der Waals surface area contributed by atoms with Crippen molar-refractivity contribution in [1.29, 1.82) is 5.26 Å². The Labute approximate surface area is 117 Å². The molecule has 6 nitrogen and oxygen atoms in total. The van der Waals surface area contributed by atoms with Crippen molar-refractivity contribution in [2.75, 3.05) is 30.9 Å². The third-order valence-electron chi connectivity index (χ3n) is 2.71. The lowest BCUT2D eigenvalue weighted by Gasteiger charge is -2.14. The molecule has 2 rings (SSSR count). The Bertz CT molecular complexity index is 606. The Morgan fingerprint density at radius 1 is 1.30 bits per heavy atom. The molecule has 0 aliphatic rings. The molecule has 6 heteroatoms. The molecule has 0 bridgehead atoms. The lowest BCUT2D eigenvalue weighted by molar-refractivity contribution is 0.415. The van der Waals surface area contributed by atoms with Crippen molar-refractivity contribution >= 4 is 17.3 Å². The minimum Gasteiger partial charge on any atom is -0.497 e. The molecule has 0 radical (unpaired) electrons. The summed E-state index contributed by atoms with van der Waals surface area (Å²) in [4.78, 5) is 10.0. The van der Waals surface area contributed by atoms with Crippen molar-refractivity contribution in [2.45, 2.75) is 0 Å². The van der Waals surface area contributed by atoms with Gasteiger partial charge in [0.05, 0.1) is 13.2 Å². The lowest BCUT2D eigenvalue weighted by Crippen LogP contribution is -2.18. The molecular formula is C14H15N5O. The summed E-state index contributed by atoms with van der Waals surface area (Å²) in [5, 5.41) is 11.9. The van der Waals surface area contributed by atoms with Crippen LogP contribution >= 0.6 is 0 Å². The number of methoxy groups -OCH3 is 1. The van der Waals surface area contributed by atoms with E-state index in [1.54, 1.807) is 18.1 Å². The number of hydrogen-bond donors (Lipinski definition) is 1. The van der Waals surface area contributed by atoms with Gasteiger partial charge in [0, 0.05) is 18.8 Å². The van der Waals surface area contributed by atoms with Gasteiger partial charge in [-0.25, -0.2) is 9.97 Å². The van der Waals surface area contributed by atoms with Gasteiger partial charge in [0.25, 0.3) is 0 Å². The van der Waals surface area contributed by atoms with Crippen LogP contribution in [0.5, 0.6) is 5.75 Å². The van der Waals surface area contributed by atoms with Crippen molar-refractivity contribution in [3.63, 3.8) is 0 Å². The van der Waals surface area contributed by atoms with E-state index in [1.165, 1.54) is 6.33 Å². The van der Waals surface area contributed by atoms with E-state index in [-0.39, 0.29) is 6.54 Å². The first-order valence-electron chi connectivity index (χ1n) is 6.04. The Morgan fingerprint density at radius 3 is 2.70 bits per heavy atom. The van der Waals surface area contributed by atoms with Gasteiger partial charge in [-0.1, -0.05) is 0 Å². The van der Waals surface area contributed by atoms with E-state index in [1.807, 2.05) is 31.3 Å². The van der Waals surface area contributed by atoms with E-state index in [0.717, 1.165) is 11.4 Å². The molecular weight excluding hydrogens is 254 g/mol. The van der Waals surface area contributed by atoms with Gasteiger partial charge < -0.3 is 15.0 Å². The molecule has 20 heavy (non-hydrogen) atoms. The van der Waals surface area contributed by atoms with E-state index < -0.39 is 0 Å². The van der Waals surface area contributed by atoms with Gasteiger partial charge >= 0.3 is 0 Å². The molecule has 1 aromatic carbocycles. The quantitative estimate of drug-likeness (QED) is 0.839. The molecule has 0 unspecified atom stereocenters. The number of benzene rings is 1. The molecule has 0 amide bonds. The molecule has 1 N–H and O–H groups in total. The van der Waals surface area contributed by atoms with Gasteiger partial charge in [0.15, 0.2) is 0 Å². The number of nitrogens with one attached hydrogen (secondary N) is 1. The fourth-order valence-electron chi connectivity index (χ4n) is 1.63. The highest BCUT2D eigenvalue weighted by atomic mass is 16.5. The molecule has 0 aliphatic carbocycles. The predicted octanol–water partition coefficient (Wildman–Crippen LogP) is 2.19. The van der Waals surface area contributed by atoms with Crippen LogP contribution in [0, 0.1) is 11.3 Å². The minimum atomic E-state index is 0.277. The maximum Gasteiger partial charge on any atom is 0.135 e. The first-order valence-corrected chi connectivity index (χ1v) is 6.04. The second-order valence-electron chi connectivity index (χ2n) is 4.13. The number of hydrogen-bond acceptors (Lipinski definition) is 6. The van der Waals surface area contributed by atoms with Crippen molar-refractivity contribution < 1.29 is 4.74 Å². The van der Waals surface area contributed by atoms with Gasteiger partial charge in [-0.15, -0.1) is 0 Å². The molecule has 1 heterocycles. The van der Waals surface area contributed by atoms with Gasteiger partial charge in [-0.2, -0.15) is 5.26 Å². The monoisotopic (exact) mass is 269 g/mol. The summed E-state index contributed by atoms with van der Waals surface area (Å²) in [6, 6.07) is 11.4. The van der Waals surface area contributed by atoms with Crippen LogP contribution in [0.15, 0.2) is 36.7 Å². The first-order chi connectivity index (χ1) is 9.72. The third-order valence-corrected chi connectivity index (χ3v) is 2.71. The van der Waals surface area contributed by atoms with E-state index >= 15 is 0 Å². The number of aromatic nitrogens is 2. The van der Waals surface area contributed by atoms with E-state index in [2.05, 4.69) is 21.4 Å². The molecule has 1 aromatic heterocycles. The van der Waals surface area contributed by atoms with Crippen molar-refractivity contribution in [2.24, 2.45) is 0 Å². The second kappa shape index (κ2) is 6.38. The topological polar surface area (TPSA) is 74.1 Å². The zero-order chi connectivity index (χ0) is 14.4. The number of ether oxygens (including phenoxy) is 1. The van der Waals surface area contributed by atoms with Crippen molar-refractivity contribution in [3.05, 3.63) is 36.7 Å². The molecule has 0 spiro atoms. The summed E-state index contributed by atoms with van der Waals surface area (Å²) in [7, 11) is 3.44. The van der Waals surface area contributed by atoms with Gasteiger partial charge in [-0.05, 0) is 24.3 Å². The highest BCUT2D eigenvalue weighted by molar-refractivity contribution is 5.60.